The molecular weight excluding hydrogens is 278 g/mol. The number of carbonyl (C=O) groups excluding carboxylic acids is 3. The molecule has 4 aliphatic rings. The summed E-state index contributed by atoms with van der Waals surface area (Å²) < 4.78 is 0. The van der Waals surface area contributed by atoms with Crippen LogP contribution in [0.5, 0.6) is 0 Å². The number of Topliss-reactive ketones (excluding diaryl/α,β-unsaturated/α-hetero) is 1. The van der Waals surface area contributed by atoms with Crippen molar-refractivity contribution in [1.29, 1.82) is 0 Å². The highest BCUT2D eigenvalue weighted by atomic mass is 16.2. The van der Waals surface area contributed by atoms with Gasteiger partial charge in [0, 0.05) is 35.4 Å². The Kier molecular flexibility index (Phi) is 2.00. The third-order valence-electron chi connectivity index (χ3n) is 5.34. The molecule has 0 amide bonds. The molecule has 0 radical (unpaired) electrons. The lowest BCUT2D eigenvalue weighted by molar-refractivity contribution is -0.115. The molecule has 1 aromatic rings. The van der Waals surface area contributed by atoms with E-state index < -0.39 is 11.6 Å². The van der Waals surface area contributed by atoms with E-state index in [2.05, 4.69) is 5.32 Å². The highest BCUT2D eigenvalue weighted by Gasteiger charge is 2.42. The van der Waals surface area contributed by atoms with Crippen molar-refractivity contribution >= 4 is 28.6 Å². The van der Waals surface area contributed by atoms with Gasteiger partial charge in [0.15, 0.2) is 5.78 Å². The number of allylic oxidation sites excluding steroid dienone is 3. The Morgan fingerprint density at radius 1 is 1.00 bits per heavy atom. The topological polar surface area (TPSA) is 63.2 Å². The van der Waals surface area contributed by atoms with Crippen molar-refractivity contribution in [3.63, 3.8) is 0 Å². The molecule has 0 fully saturated rings. The van der Waals surface area contributed by atoms with Crippen molar-refractivity contribution in [2.45, 2.75) is 32.2 Å². The number of benzene rings is 1. The quantitative estimate of drug-likeness (QED) is 0.742. The van der Waals surface area contributed by atoms with E-state index in [9.17, 15) is 14.4 Å². The standard InChI is InChI=1S/C18H13NO3/c1-7-12(20)5-11-16-10(6-19-11)17-15-8(4-13(21)18(17)22)2-3-9(15)14(7)16/h4-5,7,19H,2-3,6H2,1H3. The normalized spacial score (nSPS) is 23.9. The minimum atomic E-state index is -0.413. The van der Waals surface area contributed by atoms with Gasteiger partial charge in [0.1, 0.15) is 0 Å². The van der Waals surface area contributed by atoms with Crippen molar-refractivity contribution in [3.05, 3.63) is 45.5 Å². The second-order valence-corrected chi connectivity index (χ2v) is 6.39. The number of carbonyl (C=O) groups is 3. The summed E-state index contributed by atoms with van der Waals surface area (Å²) in [7, 11) is 0. The van der Waals surface area contributed by atoms with Crippen molar-refractivity contribution in [1.82, 2.24) is 5.32 Å². The predicted octanol–water partition coefficient (Wildman–Crippen LogP) is 1.91. The Morgan fingerprint density at radius 3 is 2.64 bits per heavy atom. The van der Waals surface area contributed by atoms with Crippen molar-refractivity contribution < 1.29 is 14.4 Å². The van der Waals surface area contributed by atoms with Crippen molar-refractivity contribution in [2.75, 3.05) is 0 Å². The Hall–Kier alpha value is -2.49. The van der Waals surface area contributed by atoms with Gasteiger partial charge in [-0.05, 0) is 46.7 Å². The van der Waals surface area contributed by atoms with E-state index in [-0.39, 0.29) is 11.7 Å². The zero-order valence-electron chi connectivity index (χ0n) is 12.1. The SMILES string of the molecule is CC1C(=O)C=C2NCc3c4c5c(c1c32)CCC5=CC(=O)C4=O. The van der Waals surface area contributed by atoms with E-state index in [1.54, 1.807) is 6.08 Å². The van der Waals surface area contributed by atoms with E-state index in [1.807, 2.05) is 6.92 Å². The minimum Gasteiger partial charge on any atom is -0.380 e. The molecule has 1 heterocycles. The van der Waals surface area contributed by atoms with Gasteiger partial charge in [-0.2, -0.15) is 0 Å². The summed E-state index contributed by atoms with van der Waals surface area (Å²) in [5.41, 5.74) is 7.42. The molecule has 1 aliphatic heterocycles. The first-order valence-corrected chi connectivity index (χ1v) is 7.59. The van der Waals surface area contributed by atoms with Gasteiger partial charge in [-0.3, -0.25) is 14.4 Å². The van der Waals surface area contributed by atoms with Crippen LogP contribution in [0.2, 0.25) is 0 Å². The fourth-order valence-corrected chi connectivity index (χ4v) is 4.38. The maximum atomic E-state index is 12.5. The summed E-state index contributed by atoms with van der Waals surface area (Å²) in [5, 5.41) is 3.22. The third-order valence-corrected chi connectivity index (χ3v) is 5.34. The predicted molar refractivity (Wildman–Crippen MR) is 80.3 cm³/mol. The molecule has 4 nitrogen and oxygen atoms in total. The summed E-state index contributed by atoms with van der Waals surface area (Å²) in [5.74, 6) is -0.879. The lowest BCUT2D eigenvalue weighted by Gasteiger charge is -2.25. The van der Waals surface area contributed by atoms with Crippen LogP contribution in [0.3, 0.4) is 0 Å². The first-order chi connectivity index (χ1) is 10.6. The number of hydrogen-bond acceptors (Lipinski definition) is 4. The number of ketones is 3. The highest BCUT2D eigenvalue weighted by molar-refractivity contribution is 6.51. The first kappa shape index (κ1) is 12.1. The summed E-state index contributed by atoms with van der Waals surface area (Å²) >= 11 is 0. The van der Waals surface area contributed by atoms with Gasteiger partial charge < -0.3 is 5.32 Å². The van der Waals surface area contributed by atoms with Gasteiger partial charge in [0.05, 0.1) is 0 Å². The molecule has 22 heavy (non-hydrogen) atoms. The summed E-state index contributed by atoms with van der Waals surface area (Å²) in [6.07, 6.45) is 4.73. The second kappa shape index (κ2) is 3.64. The molecule has 108 valence electrons. The zero-order chi connectivity index (χ0) is 15.2. The molecule has 0 aromatic heterocycles. The molecule has 5 rings (SSSR count). The van der Waals surface area contributed by atoms with Crippen molar-refractivity contribution in [3.8, 4) is 0 Å². The lowest BCUT2D eigenvalue weighted by Crippen LogP contribution is -2.23. The zero-order valence-corrected chi connectivity index (χ0v) is 12.1. The molecule has 1 unspecified atom stereocenters. The molecule has 0 bridgehead atoms. The molecule has 4 heteroatoms. The average molecular weight is 291 g/mol. The second-order valence-electron chi connectivity index (χ2n) is 6.39. The smallest absolute Gasteiger partial charge is 0.233 e. The van der Waals surface area contributed by atoms with Gasteiger partial charge in [-0.1, -0.05) is 6.92 Å². The van der Waals surface area contributed by atoms with Gasteiger partial charge in [-0.25, -0.2) is 0 Å². The van der Waals surface area contributed by atoms with Crippen LogP contribution in [0.15, 0.2) is 12.2 Å². The molecule has 0 spiro atoms. The average Bonchev–Trinajstić information content (AvgIpc) is 3.08. The Morgan fingerprint density at radius 2 is 1.82 bits per heavy atom. The van der Waals surface area contributed by atoms with Crippen LogP contribution in [-0.2, 0) is 22.6 Å². The van der Waals surface area contributed by atoms with E-state index in [4.69, 9.17) is 0 Å². The summed E-state index contributed by atoms with van der Waals surface area (Å²) in [6.45, 7) is 2.45. The van der Waals surface area contributed by atoms with Crippen LogP contribution < -0.4 is 5.32 Å². The fraction of sp³-hybridized carbons (Fsp3) is 0.278. The number of nitrogens with one attached hydrogen (secondary N) is 1. The number of rotatable bonds is 0. The maximum Gasteiger partial charge on any atom is 0.233 e. The largest absolute Gasteiger partial charge is 0.380 e. The molecule has 1 atom stereocenters. The molecular formula is C18H13NO3. The summed E-state index contributed by atoms with van der Waals surface area (Å²) in [6, 6.07) is 0. The molecule has 1 N–H and O–H groups in total. The van der Waals surface area contributed by atoms with Crippen LogP contribution in [0.4, 0.5) is 0 Å². The fourth-order valence-electron chi connectivity index (χ4n) is 4.38. The monoisotopic (exact) mass is 291 g/mol. The van der Waals surface area contributed by atoms with E-state index >= 15 is 0 Å². The first-order valence-electron chi connectivity index (χ1n) is 7.59. The molecule has 1 aromatic carbocycles. The third kappa shape index (κ3) is 1.18. The van der Waals surface area contributed by atoms with Crippen LogP contribution in [0.1, 0.15) is 57.4 Å². The van der Waals surface area contributed by atoms with Crippen LogP contribution in [0.25, 0.3) is 11.3 Å². The Balaban J connectivity index is 1.98. The molecule has 0 saturated heterocycles. The van der Waals surface area contributed by atoms with Gasteiger partial charge in [0.25, 0.3) is 0 Å². The van der Waals surface area contributed by atoms with Crippen LogP contribution in [-0.4, -0.2) is 17.3 Å². The van der Waals surface area contributed by atoms with Gasteiger partial charge in [-0.15, -0.1) is 0 Å². The van der Waals surface area contributed by atoms with Gasteiger partial charge >= 0.3 is 0 Å². The van der Waals surface area contributed by atoms with Gasteiger partial charge in [0.2, 0.25) is 11.6 Å². The highest BCUT2D eigenvalue weighted by Crippen LogP contribution is 2.49. The maximum absolute atomic E-state index is 12.5. The van der Waals surface area contributed by atoms with Crippen LogP contribution in [0, 0.1) is 0 Å². The lowest BCUT2D eigenvalue weighted by atomic mass is 9.76. The summed E-state index contributed by atoms with van der Waals surface area (Å²) in [4.78, 5) is 36.7. The van der Waals surface area contributed by atoms with Crippen molar-refractivity contribution in [2.24, 2.45) is 0 Å². The van der Waals surface area contributed by atoms with E-state index in [0.29, 0.717) is 12.1 Å². The number of fused-ring (bicyclic) bond motifs is 2. The number of hydrogen-bond donors (Lipinski definition) is 1. The van der Waals surface area contributed by atoms with E-state index in [0.717, 1.165) is 51.9 Å². The Labute approximate surface area is 126 Å². The molecule has 3 aliphatic carbocycles. The molecule has 0 saturated carbocycles. The van der Waals surface area contributed by atoms with Crippen LogP contribution >= 0.6 is 0 Å². The van der Waals surface area contributed by atoms with E-state index in [1.165, 1.54) is 6.08 Å². The Bertz CT molecular complexity index is 902. The minimum absolute atomic E-state index is 0.106.